The van der Waals surface area contributed by atoms with E-state index in [0.717, 1.165) is 11.1 Å². The Morgan fingerprint density at radius 2 is 1.80 bits per heavy atom. The number of carbonyl (C=O) groups excluding carboxylic acids is 1. The van der Waals surface area contributed by atoms with Crippen LogP contribution in [0.3, 0.4) is 0 Å². The molecule has 3 aromatic rings. The lowest BCUT2D eigenvalue weighted by molar-refractivity contribution is -0.686. The number of aryl methyl sites for hydroxylation is 1. The van der Waals surface area contributed by atoms with Gasteiger partial charge in [-0.25, -0.2) is 4.79 Å². The lowest BCUT2D eigenvalue weighted by Crippen LogP contribution is -2.38. The van der Waals surface area contributed by atoms with Crippen LogP contribution in [0.5, 0.6) is 0 Å². The van der Waals surface area contributed by atoms with E-state index >= 15 is 0 Å². The number of hydrogen-bond donors (Lipinski definition) is 0. The van der Waals surface area contributed by atoms with E-state index in [-0.39, 0.29) is 12.5 Å². The van der Waals surface area contributed by atoms with Crippen LogP contribution in [0.25, 0.3) is 22.9 Å². The zero-order chi connectivity index (χ0) is 17.6. The lowest BCUT2D eigenvalue weighted by atomic mass is 10.0. The van der Waals surface area contributed by atoms with Crippen LogP contribution >= 0.6 is 0 Å². The van der Waals surface area contributed by atoms with Crippen molar-refractivity contribution in [3.63, 3.8) is 0 Å². The molecule has 3 heteroatoms. The summed E-state index contributed by atoms with van der Waals surface area (Å²) in [5, 5.41) is 2.48. The molecule has 0 saturated carbocycles. The van der Waals surface area contributed by atoms with E-state index in [1.165, 1.54) is 16.3 Å². The van der Waals surface area contributed by atoms with Crippen molar-refractivity contribution in [3.8, 4) is 0 Å². The Kier molecular flexibility index (Phi) is 5.24. The zero-order valence-corrected chi connectivity index (χ0v) is 14.6. The summed E-state index contributed by atoms with van der Waals surface area (Å²) in [5.74, 6) is -0.217. The van der Waals surface area contributed by atoms with Gasteiger partial charge in [0, 0.05) is 11.6 Å². The number of hydrogen-bond acceptors (Lipinski definition) is 2. The monoisotopic (exact) mass is 332 g/mol. The summed E-state index contributed by atoms with van der Waals surface area (Å²) in [6.45, 7) is 4.51. The second-order valence-corrected chi connectivity index (χ2v) is 5.96. The third-order valence-corrected chi connectivity index (χ3v) is 4.14. The van der Waals surface area contributed by atoms with Crippen LogP contribution in [0.15, 0.2) is 60.9 Å². The van der Waals surface area contributed by atoms with Gasteiger partial charge in [0.2, 0.25) is 6.54 Å². The topological polar surface area (TPSA) is 30.2 Å². The van der Waals surface area contributed by atoms with Crippen LogP contribution in [0.2, 0.25) is 0 Å². The highest BCUT2D eigenvalue weighted by atomic mass is 16.5. The minimum atomic E-state index is -0.217. The van der Waals surface area contributed by atoms with Crippen molar-refractivity contribution in [2.24, 2.45) is 0 Å². The summed E-state index contributed by atoms with van der Waals surface area (Å²) in [4.78, 5) is 11.6. The quantitative estimate of drug-likeness (QED) is 0.518. The third kappa shape index (κ3) is 4.13. The van der Waals surface area contributed by atoms with Crippen LogP contribution in [0.4, 0.5) is 0 Å². The third-order valence-electron chi connectivity index (χ3n) is 4.14. The first-order valence-electron chi connectivity index (χ1n) is 8.48. The van der Waals surface area contributed by atoms with Gasteiger partial charge in [-0.15, -0.1) is 0 Å². The first kappa shape index (κ1) is 16.9. The standard InChI is InChI=1S/C22H22NO2/c1-3-25-22(24)16-23-14-13-18(17(2)15-23)11-12-20-9-6-8-19-7-4-5-10-21(19)20/h4-15H,3,16H2,1-2H3/q+1/b12-11+. The van der Waals surface area contributed by atoms with Crippen molar-refractivity contribution in [3.05, 3.63) is 77.6 Å². The van der Waals surface area contributed by atoms with Crippen molar-refractivity contribution >= 4 is 28.9 Å². The molecule has 25 heavy (non-hydrogen) atoms. The van der Waals surface area contributed by atoms with Crippen molar-refractivity contribution in [1.82, 2.24) is 0 Å². The molecule has 0 aliphatic rings. The maximum absolute atomic E-state index is 11.6. The summed E-state index contributed by atoms with van der Waals surface area (Å²) in [7, 11) is 0. The van der Waals surface area contributed by atoms with Gasteiger partial charge in [0.1, 0.15) is 0 Å². The molecule has 3 nitrogen and oxygen atoms in total. The maximum Gasteiger partial charge on any atom is 0.372 e. The van der Waals surface area contributed by atoms with Gasteiger partial charge in [-0.2, -0.15) is 4.57 Å². The lowest BCUT2D eigenvalue weighted by Gasteiger charge is -2.03. The average Bonchev–Trinajstić information content (AvgIpc) is 2.61. The first-order chi connectivity index (χ1) is 12.2. The number of benzene rings is 2. The molecule has 0 spiro atoms. The van der Waals surface area contributed by atoms with Gasteiger partial charge in [0.25, 0.3) is 0 Å². The average molecular weight is 332 g/mol. The van der Waals surface area contributed by atoms with Gasteiger partial charge in [-0.05, 0) is 35.7 Å². The molecule has 2 aromatic carbocycles. The molecule has 1 heterocycles. The van der Waals surface area contributed by atoms with E-state index in [2.05, 4.69) is 54.6 Å². The second kappa shape index (κ2) is 7.75. The Morgan fingerprint density at radius 3 is 2.60 bits per heavy atom. The molecule has 0 unspecified atom stereocenters. The smallest absolute Gasteiger partial charge is 0.372 e. The minimum absolute atomic E-state index is 0.217. The van der Waals surface area contributed by atoms with Crippen molar-refractivity contribution in [1.29, 1.82) is 0 Å². The first-order valence-corrected chi connectivity index (χ1v) is 8.48. The molecule has 0 N–H and O–H groups in total. The molecular weight excluding hydrogens is 310 g/mol. The highest BCUT2D eigenvalue weighted by Gasteiger charge is 2.11. The summed E-state index contributed by atoms with van der Waals surface area (Å²) < 4.78 is 6.84. The molecule has 1 aromatic heterocycles. The fourth-order valence-electron chi connectivity index (χ4n) is 2.89. The SMILES string of the molecule is CCOC(=O)C[n+]1ccc(/C=C/c2cccc3ccccc23)c(C)c1. The molecule has 0 atom stereocenters. The van der Waals surface area contributed by atoms with Crippen LogP contribution < -0.4 is 4.57 Å². The zero-order valence-electron chi connectivity index (χ0n) is 14.6. The van der Waals surface area contributed by atoms with Crippen LogP contribution in [-0.4, -0.2) is 12.6 Å². The molecule has 0 radical (unpaired) electrons. The normalized spacial score (nSPS) is 11.1. The second-order valence-electron chi connectivity index (χ2n) is 5.96. The Morgan fingerprint density at radius 1 is 1.04 bits per heavy atom. The number of pyridine rings is 1. The highest BCUT2D eigenvalue weighted by molar-refractivity contribution is 5.92. The molecule has 0 bridgehead atoms. The van der Waals surface area contributed by atoms with Gasteiger partial charge in [-0.3, -0.25) is 0 Å². The Bertz CT molecular complexity index is 923. The molecule has 126 valence electrons. The number of fused-ring (bicyclic) bond motifs is 1. The van der Waals surface area contributed by atoms with Crippen molar-refractivity contribution in [2.75, 3.05) is 6.61 Å². The molecule has 3 rings (SSSR count). The number of aromatic nitrogens is 1. The van der Waals surface area contributed by atoms with Gasteiger partial charge < -0.3 is 4.74 Å². The predicted molar refractivity (Wildman–Crippen MR) is 101 cm³/mol. The van der Waals surface area contributed by atoms with Crippen LogP contribution in [-0.2, 0) is 16.1 Å². The van der Waals surface area contributed by atoms with Crippen molar-refractivity contribution in [2.45, 2.75) is 20.4 Å². The highest BCUT2D eigenvalue weighted by Crippen LogP contribution is 2.21. The number of carbonyl (C=O) groups is 1. The largest absolute Gasteiger partial charge is 0.461 e. The van der Waals surface area contributed by atoms with E-state index in [1.807, 2.05) is 36.9 Å². The summed E-state index contributed by atoms with van der Waals surface area (Å²) in [6, 6.07) is 16.7. The molecule has 0 aliphatic carbocycles. The van der Waals surface area contributed by atoms with E-state index in [9.17, 15) is 4.79 Å². The summed E-state index contributed by atoms with van der Waals surface area (Å²) in [6.07, 6.45) is 8.14. The number of ether oxygens (including phenoxy) is 1. The van der Waals surface area contributed by atoms with E-state index in [0.29, 0.717) is 6.61 Å². The maximum atomic E-state index is 11.6. The summed E-state index contributed by atoms with van der Waals surface area (Å²) in [5.41, 5.74) is 3.44. The number of esters is 1. The Balaban J connectivity index is 1.82. The van der Waals surface area contributed by atoms with Crippen LogP contribution in [0, 0.1) is 6.92 Å². The van der Waals surface area contributed by atoms with Gasteiger partial charge >= 0.3 is 5.97 Å². The number of rotatable bonds is 5. The molecule has 0 saturated heterocycles. The molecular formula is C22H22NO2+. The summed E-state index contributed by atoms with van der Waals surface area (Å²) >= 11 is 0. The van der Waals surface area contributed by atoms with Crippen LogP contribution in [0.1, 0.15) is 23.6 Å². The fraction of sp³-hybridized carbons (Fsp3) is 0.182. The van der Waals surface area contributed by atoms with Gasteiger partial charge in [0.05, 0.1) is 6.61 Å². The Hall–Kier alpha value is -2.94. The van der Waals surface area contributed by atoms with Gasteiger partial charge in [-0.1, -0.05) is 54.6 Å². The number of nitrogens with zero attached hydrogens (tertiary/aromatic N) is 1. The molecule has 0 aliphatic heterocycles. The Labute approximate surface area is 148 Å². The minimum Gasteiger partial charge on any atom is -0.461 e. The van der Waals surface area contributed by atoms with Crippen molar-refractivity contribution < 1.29 is 14.1 Å². The molecule has 0 fully saturated rings. The molecule has 0 amide bonds. The van der Waals surface area contributed by atoms with Gasteiger partial charge in [0.15, 0.2) is 12.4 Å². The van der Waals surface area contributed by atoms with E-state index in [4.69, 9.17) is 4.74 Å². The predicted octanol–water partition coefficient (Wildman–Crippen LogP) is 4.17. The van der Waals surface area contributed by atoms with E-state index < -0.39 is 0 Å². The van der Waals surface area contributed by atoms with E-state index in [1.54, 1.807) is 0 Å². The fourth-order valence-corrected chi connectivity index (χ4v) is 2.89.